The van der Waals surface area contributed by atoms with Gasteiger partial charge in [0.2, 0.25) is 0 Å². The van der Waals surface area contributed by atoms with Crippen LogP contribution in [0.4, 0.5) is 14.0 Å². The zero-order chi connectivity index (χ0) is 25.6. The fourth-order valence-electron chi connectivity index (χ4n) is 5.67. The Morgan fingerprint density at radius 3 is 2.47 bits per heavy atom. The lowest BCUT2D eigenvalue weighted by Gasteiger charge is -2.31. The molecule has 2 aliphatic heterocycles. The van der Waals surface area contributed by atoms with E-state index in [2.05, 4.69) is 4.98 Å². The lowest BCUT2D eigenvalue weighted by molar-refractivity contribution is 0.0207. The average molecular weight is 494 g/mol. The molecule has 4 atom stereocenters. The summed E-state index contributed by atoms with van der Waals surface area (Å²) in [5, 5.41) is 0.878. The molecule has 2 saturated heterocycles. The van der Waals surface area contributed by atoms with E-state index in [0.29, 0.717) is 18.6 Å². The highest BCUT2D eigenvalue weighted by Crippen LogP contribution is 2.45. The van der Waals surface area contributed by atoms with Crippen LogP contribution in [0, 0.1) is 11.7 Å². The molecule has 3 heterocycles. The number of benzene rings is 2. The Labute approximate surface area is 210 Å². The van der Waals surface area contributed by atoms with Crippen LogP contribution in [0.1, 0.15) is 44.7 Å². The van der Waals surface area contributed by atoms with E-state index in [0.717, 1.165) is 16.5 Å². The molecule has 190 valence electrons. The van der Waals surface area contributed by atoms with E-state index >= 15 is 0 Å². The van der Waals surface area contributed by atoms with Crippen molar-refractivity contribution in [3.05, 3.63) is 71.7 Å². The number of aromatic nitrogens is 1. The van der Waals surface area contributed by atoms with Crippen molar-refractivity contribution in [2.24, 2.45) is 5.92 Å². The van der Waals surface area contributed by atoms with Gasteiger partial charge in [-0.15, -0.1) is 0 Å². The van der Waals surface area contributed by atoms with Crippen molar-refractivity contribution in [3.63, 3.8) is 0 Å². The molecule has 3 aromatic rings. The Balaban J connectivity index is 1.48. The van der Waals surface area contributed by atoms with Gasteiger partial charge < -0.3 is 24.3 Å². The summed E-state index contributed by atoms with van der Waals surface area (Å²) in [6.07, 6.45) is 1.07. The van der Waals surface area contributed by atoms with Crippen molar-refractivity contribution in [2.75, 3.05) is 13.1 Å². The number of nitrogens with one attached hydrogen (secondary N) is 1. The number of fused-ring (bicyclic) bond motifs is 2. The molecule has 5 rings (SSSR count). The summed E-state index contributed by atoms with van der Waals surface area (Å²) in [4.78, 5) is 33.3. The Morgan fingerprint density at radius 2 is 1.75 bits per heavy atom. The molecule has 0 saturated carbocycles. The van der Waals surface area contributed by atoms with E-state index in [1.54, 1.807) is 15.9 Å². The zero-order valence-electron chi connectivity index (χ0n) is 21.0. The van der Waals surface area contributed by atoms with Gasteiger partial charge in [0, 0.05) is 36.1 Å². The summed E-state index contributed by atoms with van der Waals surface area (Å²) >= 11 is 0. The third-order valence-corrected chi connectivity index (χ3v) is 7.09. The van der Waals surface area contributed by atoms with Crippen LogP contribution in [0.5, 0.6) is 0 Å². The van der Waals surface area contributed by atoms with E-state index in [9.17, 15) is 14.0 Å². The van der Waals surface area contributed by atoms with E-state index in [-0.39, 0.29) is 36.3 Å². The lowest BCUT2D eigenvalue weighted by Crippen LogP contribution is -2.45. The predicted molar refractivity (Wildman–Crippen MR) is 134 cm³/mol. The highest BCUT2D eigenvalue weighted by atomic mass is 19.1. The lowest BCUT2D eigenvalue weighted by atomic mass is 9.89. The molecule has 2 aliphatic rings. The van der Waals surface area contributed by atoms with Gasteiger partial charge in [-0.25, -0.2) is 14.0 Å². The standard InChI is InChI=1S/C28H32FN3O4/c1-17-14-31(27(34)36-28(2,3)4)25-22(21-13-30-23-12-19(29)10-11-20(21)23)15-32(24(17)25)26(33)35-16-18-8-6-5-7-9-18/h5-13,17,22,24-25,30H,14-16H2,1-4H3. The molecule has 0 spiro atoms. The quantitative estimate of drug-likeness (QED) is 0.510. The first-order valence-corrected chi connectivity index (χ1v) is 12.4. The van der Waals surface area contributed by atoms with Crippen LogP contribution in [0.3, 0.4) is 0 Å². The third kappa shape index (κ3) is 4.52. The second-order valence-corrected chi connectivity index (χ2v) is 10.8. The van der Waals surface area contributed by atoms with Crippen LogP contribution >= 0.6 is 0 Å². The van der Waals surface area contributed by atoms with Crippen molar-refractivity contribution in [3.8, 4) is 0 Å². The molecule has 7 nitrogen and oxygen atoms in total. The molecule has 36 heavy (non-hydrogen) atoms. The summed E-state index contributed by atoms with van der Waals surface area (Å²) in [5.41, 5.74) is 1.90. The number of H-pyrrole nitrogens is 1. The van der Waals surface area contributed by atoms with Crippen LogP contribution in [0.15, 0.2) is 54.7 Å². The fraction of sp³-hybridized carbons (Fsp3) is 0.429. The number of carbonyl (C=O) groups is 2. The van der Waals surface area contributed by atoms with Crippen LogP contribution in [-0.4, -0.2) is 57.7 Å². The predicted octanol–water partition coefficient (Wildman–Crippen LogP) is 5.67. The first kappa shape index (κ1) is 24.2. The van der Waals surface area contributed by atoms with Crippen LogP contribution in [0.2, 0.25) is 0 Å². The fourth-order valence-corrected chi connectivity index (χ4v) is 5.67. The molecule has 0 radical (unpaired) electrons. The Hall–Kier alpha value is -3.55. The van der Waals surface area contributed by atoms with E-state index in [1.807, 2.05) is 64.2 Å². The number of hydrogen-bond acceptors (Lipinski definition) is 4. The maximum atomic E-state index is 13.8. The number of rotatable bonds is 3. The first-order valence-electron chi connectivity index (χ1n) is 12.4. The second kappa shape index (κ2) is 9.15. The zero-order valence-corrected chi connectivity index (χ0v) is 21.0. The van der Waals surface area contributed by atoms with Gasteiger partial charge in [0.15, 0.2) is 0 Å². The Kier molecular flexibility index (Phi) is 6.14. The maximum absolute atomic E-state index is 13.8. The molecule has 1 aromatic heterocycles. The molecule has 2 amide bonds. The van der Waals surface area contributed by atoms with Crippen molar-refractivity contribution in [1.82, 2.24) is 14.8 Å². The van der Waals surface area contributed by atoms with Gasteiger partial charge in [-0.1, -0.05) is 37.3 Å². The van der Waals surface area contributed by atoms with Crippen molar-refractivity contribution in [2.45, 2.75) is 57.9 Å². The molecular weight excluding hydrogens is 461 g/mol. The molecule has 1 N–H and O–H groups in total. The number of aromatic amines is 1. The highest BCUT2D eigenvalue weighted by Gasteiger charge is 2.56. The van der Waals surface area contributed by atoms with Gasteiger partial charge >= 0.3 is 12.2 Å². The van der Waals surface area contributed by atoms with Crippen LogP contribution in [0.25, 0.3) is 10.9 Å². The second-order valence-electron chi connectivity index (χ2n) is 10.8. The molecule has 8 heteroatoms. The smallest absolute Gasteiger partial charge is 0.410 e. The Bertz CT molecular complexity index is 1270. The Morgan fingerprint density at radius 1 is 1.03 bits per heavy atom. The number of carbonyl (C=O) groups excluding carboxylic acids is 2. The van der Waals surface area contributed by atoms with Crippen LogP contribution < -0.4 is 0 Å². The number of amides is 2. The number of halogens is 1. The summed E-state index contributed by atoms with van der Waals surface area (Å²) in [6, 6.07) is 13.7. The number of hydrogen-bond donors (Lipinski definition) is 1. The maximum Gasteiger partial charge on any atom is 0.410 e. The first-order chi connectivity index (χ1) is 17.1. The summed E-state index contributed by atoms with van der Waals surface area (Å²) in [5.74, 6) is -0.480. The molecule has 0 aliphatic carbocycles. The van der Waals surface area contributed by atoms with Gasteiger partial charge in [0.25, 0.3) is 0 Å². The van der Waals surface area contributed by atoms with E-state index in [1.165, 1.54) is 12.1 Å². The summed E-state index contributed by atoms with van der Waals surface area (Å²) < 4.78 is 25.3. The third-order valence-electron chi connectivity index (χ3n) is 7.09. The normalized spacial score (nSPS) is 23.7. The van der Waals surface area contributed by atoms with Gasteiger partial charge in [-0.05, 0) is 56.0 Å². The van der Waals surface area contributed by atoms with Gasteiger partial charge in [-0.2, -0.15) is 0 Å². The topological polar surface area (TPSA) is 74.9 Å². The average Bonchev–Trinajstić information content (AvgIpc) is 3.50. The molecule has 2 aromatic carbocycles. The summed E-state index contributed by atoms with van der Waals surface area (Å²) in [6.45, 7) is 8.61. The number of nitrogens with zero attached hydrogens (tertiary/aromatic N) is 2. The van der Waals surface area contributed by atoms with Crippen molar-refractivity contribution >= 4 is 23.1 Å². The van der Waals surface area contributed by atoms with Gasteiger partial charge in [0.05, 0.1) is 12.1 Å². The minimum Gasteiger partial charge on any atom is -0.445 e. The minimum atomic E-state index is -0.640. The van der Waals surface area contributed by atoms with Crippen molar-refractivity contribution in [1.29, 1.82) is 0 Å². The largest absolute Gasteiger partial charge is 0.445 e. The highest BCUT2D eigenvalue weighted by molar-refractivity contribution is 5.84. The number of ether oxygens (including phenoxy) is 2. The van der Waals surface area contributed by atoms with Crippen LogP contribution in [-0.2, 0) is 16.1 Å². The van der Waals surface area contributed by atoms with E-state index in [4.69, 9.17) is 9.47 Å². The monoisotopic (exact) mass is 493 g/mol. The summed E-state index contributed by atoms with van der Waals surface area (Å²) in [7, 11) is 0. The van der Waals surface area contributed by atoms with Gasteiger partial charge in [0.1, 0.15) is 18.0 Å². The molecular formula is C28H32FN3O4. The number of likely N-dealkylation sites (tertiary alicyclic amines) is 2. The SMILES string of the molecule is CC1CN(C(=O)OC(C)(C)C)C2C(c3c[nH]c4cc(F)ccc34)CN(C(=O)OCc3ccccc3)C12. The molecule has 4 unspecified atom stereocenters. The van der Waals surface area contributed by atoms with E-state index < -0.39 is 17.8 Å². The molecule has 0 bridgehead atoms. The van der Waals surface area contributed by atoms with Crippen molar-refractivity contribution < 1.29 is 23.5 Å². The molecule has 2 fully saturated rings. The van der Waals surface area contributed by atoms with Gasteiger partial charge in [-0.3, -0.25) is 0 Å². The minimum absolute atomic E-state index is 0.0273.